The Labute approximate surface area is 103 Å². The molecule has 0 bridgehead atoms. The molecule has 5 nitrogen and oxygen atoms in total. The number of nitrogens with zero attached hydrogens (tertiary/aromatic N) is 2. The fourth-order valence-electron chi connectivity index (χ4n) is 1.44. The second-order valence-corrected chi connectivity index (χ2v) is 3.67. The lowest BCUT2D eigenvalue weighted by Gasteiger charge is -2.06. The molecule has 92 valence electrons. The van der Waals surface area contributed by atoms with Gasteiger partial charge in [-0.2, -0.15) is 0 Å². The van der Waals surface area contributed by atoms with Crippen LogP contribution in [0.4, 0.5) is 21.7 Å². The normalized spacial score (nSPS) is 10.1. The maximum absolute atomic E-state index is 12.7. The van der Waals surface area contributed by atoms with E-state index in [1.165, 1.54) is 18.2 Å². The zero-order valence-corrected chi connectivity index (χ0v) is 9.43. The molecule has 1 aromatic carbocycles. The average Bonchev–Trinajstić information content (AvgIpc) is 2.38. The molecule has 18 heavy (non-hydrogen) atoms. The summed E-state index contributed by atoms with van der Waals surface area (Å²) in [7, 11) is 0. The summed E-state index contributed by atoms with van der Waals surface area (Å²) >= 11 is 0. The number of hydrogen-bond donors (Lipinski definition) is 2. The summed E-state index contributed by atoms with van der Waals surface area (Å²) in [6.07, 6.45) is 0. The molecule has 0 radical (unpaired) electrons. The van der Waals surface area contributed by atoms with Crippen molar-refractivity contribution in [2.24, 2.45) is 5.18 Å². The number of hydrogen-bond acceptors (Lipinski definition) is 5. The molecule has 0 spiro atoms. The van der Waals surface area contributed by atoms with Crippen molar-refractivity contribution in [1.82, 2.24) is 4.98 Å². The molecule has 6 heteroatoms. The first kappa shape index (κ1) is 12.0. The first-order valence-corrected chi connectivity index (χ1v) is 5.27. The van der Waals surface area contributed by atoms with Crippen molar-refractivity contribution in [3.8, 4) is 0 Å². The zero-order valence-electron chi connectivity index (χ0n) is 9.43. The highest BCUT2D eigenvalue weighted by atomic mass is 19.1. The average molecular weight is 246 g/mol. The van der Waals surface area contributed by atoms with E-state index >= 15 is 0 Å². The Morgan fingerprint density at radius 2 is 1.94 bits per heavy atom. The van der Waals surface area contributed by atoms with Gasteiger partial charge < -0.3 is 11.1 Å². The number of pyridine rings is 1. The van der Waals surface area contributed by atoms with Gasteiger partial charge in [0.15, 0.2) is 5.82 Å². The Balaban J connectivity index is 2.04. The molecule has 0 unspecified atom stereocenters. The standard InChI is InChI=1S/C12H11FN4O/c13-9-3-1-8(2-4-9)7-15-11-6-5-10(17-18)12(14)16-11/h1-6H,7H2,(H3,14,15,16). The Morgan fingerprint density at radius 3 is 2.56 bits per heavy atom. The molecule has 0 amide bonds. The van der Waals surface area contributed by atoms with Gasteiger partial charge >= 0.3 is 0 Å². The monoisotopic (exact) mass is 246 g/mol. The van der Waals surface area contributed by atoms with Crippen molar-refractivity contribution in [3.63, 3.8) is 0 Å². The summed E-state index contributed by atoms with van der Waals surface area (Å²) in [5.41, 5.74) is 6.55. The van der Waals surface area contributed by atoms with Gasteiger partial charge in [0.2, 0.25) is 0 Å². The molecule has 0 aliphatic heterocycles. The van der Waals surface area contributed by atoms with Crippen LogP contribution in [0, 0.1) is 10.7 Å². The lowest BCUT2D eigenvalue weighted by molar-refractivity contribution is 0.627. The van der Waals surface area contributed by atoms with Gasteiger partial charge in [-0.1, -0.05) is 12.1 Å². The molecule has 0 aliphatic carbocycles. The van der Waals surface area contributed by atoms with Crippen LogP contribution < -0.4 is 11.1 Å². The van der Waals surface area contributed by atoms with Gasteiger partial charge in [-0.05, 0) is 35.0 Å². The highest BCUT2D eigenvalue weighted by Gasteiger charge is 2.02. The molecule has 2 aromatic rings. The minimum absolute atomic E-state index is 0.0779. The molecular weight excluding hydrogens is 235 g/mol. The number of nitrogens with two attached hydrogens (primary N) is 1. The Morgan fingerprint density at radius 1 is 1.22 bits per heavy atom. The number of anilines is 2. The third-order valence-corrected chi connectivity index (χ3v) is 2.39. The summed E-state index contributed by atoms with van der Waals surface area (Å²) in [5.74, 6) is 0.334. The highest BCUT2D eigenvalue weighted by molar-refractivity contribution is 5.60. The third-order valence-electron chi connectivity index (χ3n) is 2.39. The van der Waals surface area contributed by atoms with Crippen LogP contribution in [0.5, 0.6) is 0 Å². The quantitative estimate of drug-likeness (QED) is 0.813. The predicted octanol–water partition coefficient (Wildman–Crippen LogP) is 2.81. The molecule has 3 N–H and O–H groups in total. The minimum atomic E-state index is -0.275. The van der Waals surface area contributed by atoms with Gasteiger partial charge in [-0.3, -0.25) is 0 Å². The second-order valence-electron chi connectivity index (χ2n) is 3.67. The zero-order chi connectivity index (χ0) is 13.0. The largest absolute Gasteiger partial charge is 0.382 e. The van der Waals surface area contributed by atoms with Gasteiger partial charge in [-0.25, -0.2) is 9.37 Å². The lowest BCUT2D eigenvalue weighted by Crippen LogP contribution is -2.02. The number of nitrogens with one attached hydrogen (secondary N) is 1. The number of benzene rings is 1. The minimum Gasteiger partial charge on any atom is -0.382 e. The van der Waals surface area contributed by atoms with E-state index in [2.05, 4.69) is 15.5 Å². The number of nitrogen functional groups attached to an aromatic ring is 1. The predicted molar refractivity (Wildman–Crippen MR) is 67.8 cm³/mol. The fraction of sp³-hybridized carbons (Fsp3) is 0.0833. The lowest BCUT2D eigenvalue weighted by atomic mass is 10.2. The van der Waals surface area contributed by atoms with Gasteiger partial charge in [0, 0.05) is 6.54 Å². The van der Waals surface area contributed by atoms with Crippen LogP contribution in [-0.2, 0) is 6.54 Å². The molecule has 1 heterocycles. The van der Waals surface area contributed by atoms with E-state index in [1.807, 2.05) is 0 Å². The summed E-state index contributed by atoms with van der Waals surface area (Å²) < 4.78 is 12.7. The van der Waals surface area contributed by atoms with Gasteiger partial charge in [0.25, 0.3) is 0 Å². The maximum Gasteiger partial charge on any atom is 0.155 e. The van der Waals surface area contributed by atoms with Crippen LogP contribution in [0.15, 0.2) is 41.6 Å². The first-order valence-electron chi connectivity index (χ1n) is 5.27. The molecule has 0 aliphatic rings. The van der Waals surface area contributed by atoms with Crippen molar-refractivity contribution < 1.29 is 4.39 Å². The van der Waals surface area contributed by atoms with Gasteiger partial charge in [-0.15, -0.1) is 4.91 Å². The Hall–Kier alpha value is -2.50. The molecule has 0 saturated carbocycles. The van der Waals surface area contributed by atoms with Crippen LogP contribution in [0.1, 0.15) is 5.56 Å². The van der Waals surface area contributed by atoms with Gasteiger partial charge in [0.1, 0.15) is 17.3 Å². The molecule has 0 atom stereocenters. The molecule has 0 saturated heterocycles. The SMILES string of the molecule is Nc1nc(NCc2ccc(F)cc2)ccc1N=O. The smallest absolute Gasteiger partial charge is 0.155 e. The van der Waals surface area contributed by atoms with Crippen LogP contribution in [0.3, 0.4) is 0 Å². The Bertz CT molecular complexity index is 557. The number of aromatic nitrogens is 1. The summed E-state index contributed by atoms with van der Waals surface area (Å²) in [6, 6.07) is 9.22. The number of nitroso groups, excluding NO2 is 1. The topological polar surface area (TPSA) is 80.4 Å². The molecular formula is C12H11FN4O. The van der Waals surface area contributed by atoms with Crippen LogP contribution in [-0.4, -0.2) is 4.98 Å². The van der Waals surface area contributed by atoms with Crippen molar-refractivity contribution in [2.75, 3.05) is 11.1 Å². The van der Waals surface area contributed by atoms with E-state index in [4.69, 9.17) is 5.73 Å². The highest BCUT2D eigenvalue weighted by Crippen LogP contribution is 2.21. The van der Waals surface area contributed by atoms with Crippen molar-refractivity contribution in [1.29, 1.82) is 0 Å². The van der Waals surface area contributed by atoms with E-state index in [0.29, 0.717) is 12.4 Å². The molecule has 2 rings (SSSR count). The van der Waals surface area contributed by atoms with Crippen molar-refractivity contribution >= 4 is 17.3 Å². The van der Waals surface area contributed by atoms with Crippen LogP contribution >= 0.6 is 0 Å². The summed E-state index contributed by atoms with van der Waals surface area (Å²) in [4.78, 5) is 14.3. The molecule has 1 aromatic heterocycles. The molecule has 0 fully saturated rings. The van der Waals surface area contributed by atoms with E-state index < -0.39 is 0 Å². The van der Waals surface area contributed by atoms with Crippen molar-refractivity contribution in [2.45, 2.75) is 6.54 Å². The second kappa shape index (κ2) is 5.22. The first-order chi connectivity index (χ1) is 8.69. The van der Waals surface area contributed by atoms with Crippen LogP contribution in [0.25, 0.3) is 0 Å². The van der Waals surface area contributed by atoms with Gasteiger partial charge in [0.05, 0.1) is 0 Å². The van der Waals surface area contributed by atoms with E-state index in [-0.39, 0.29) is 17.3 Å². The van der Waals surface area contributed by atoms with E-state index in [1.54, 1.807) is 18.2 Å². The Kier molecular flexibility index (Phi) is 3.47. The number of halogens is 1. The van der Waals surface area contributed by atoms with E-state index in [9.17, 15) is 9.30 Å². The fourth-order valence-corrected chi connectivity index (χ4v) is 1.44. The third kappa shape index (κ3) is 2.79. The number of rotatable bonds is 4. The maximum atomic E-state index is 12.7. The van der Waals surface area contributed by atoms with Crippen molar-refractivity contribution in [3.05, 3.63) is 52.7 Å². The van der Waals surface area contributed by atoms with E-state index in [0.717, 1.165) is 5.56 Å². The summed E-state index contributed by atoms with van der Waals surface area (Å²) in [6.45, 7) is 0.487. The summed E-state index contributed by atoms with van der Waals surface area (Å²) in [5, 5.41) is 5.75. The van der Waals surface area contributed by atoms with Crippen LogP contribution in [0.2, 0.25) is 0 Å².